The van der Waals surface area contributed by atoms with E-state index in [2.05, 4.69) is 14.9 Å². The van der Waals surface area contributed by atoms with Crippen molar-refractivity contribution in [3.05, 3.63) is 89.0 Å². The Morgan fingerprint density at radius 1 is 0.871 bits per heavy atom. The van der Waals surface area contributed by atoms with Crippen LogP contribution in [-0.4, -0.2) is 47.0 Å². The first-order valence-electron chi connectivity index (χ1n) is 10.1. The molecule has 154 valence electrons. The van der Waals surface area contributed by atoms with Gasteiger partial charge in [-0.2, -0.15) is 0 Å². The number of rotatable bonds is 3. The molecule has 3 heterocycles. The van der Waals surface area contributed by atoms with E-state index >= 15 is 0 Å². The van der Waals surface area contributed by atoms with Crippen molar-refractivity contribution in [1.82, 2.24) is 14.9 Å². The monoisotopic (exact) mass is 412 g/mol. The van der Waals surface area contributed by atoms with Crippen LogP contribution in [0.3, 0.4) is 0 Å². The highest BCUT2D eigenvalue weighted by Gasteiger charge is 2.25. The molecule has 2 aromatic heterocycles. The summed E-state index contributed by atoms with van der Waals surface area (Å²) in [6.07, 6.45) is 1.57. The first-order chi connectivity index (χ1) is 15.2. The molecular formula is C24H20N4O3. The van der Waals surface area contributed by atoms with Gasteiger partial charge >= 0.3 is 0 Å². The van der Waals surface area contributed by atoms with Gasteiger partial charge in [-0.1, -0.05) is 42.5 Å². The van der Waals surface area contributed by atoms with Crippen molar-refractivity contribution >= 4 is 22.7 Å². The summed E-state index contributed by atoms with van der Waals surface area (Å²) >= 11 is 0. The fourth-order valence-corrected chi connectivity index (χ4v) is 3.79. The first kappa shape index (κ1) is 19.0. The van der Waals surface area contributed by atoms with Gasteiger partial charge in [0.2, 0.25) is 0 Å². The molecule has 1 saturated heterocycles. The van der Waals surface area contributed by atoms with E-state index in [4.69, 9.17) is 4.42 Å². The summed E-state index contributed by atoms with van der Waals surface area (Å²) < 4.78 is 5.71. The van der Waals surface area contributed by atoms with E-state index in [0.29, 0.717) is 37.1 Å². The Balaban J connectivity index is 1.31. The zero-order chi connectivity index (χ0) is 21.2. The standard InChI is InChI=1S/C24H20N4O3/c29-20-15-22(31-21-9-5-4-8-18(20)21)24(30)28-12-10-27(11-13-28)23-14-19(25-16-26-23)17-6-2-1-3-7-17/h1-9,14-16H,10-13H2. The number of amides is 1. The molecule has 4 aromatic rings. The molecule has 0 bridgehead atoms. The van der Waals surface area contributed by atoms with Gasteiger partial charge in [0.1, 0.15) is 17.7 Å². The second-order valence-electron chi connectivity index (χ2n) is 7.38. The van der Waals surface area contributed by atoms with Gasteiger partial charge in [-0.15, -0.1) is 0 Å². The quantitative estimate of drug-likeness (QED) is 0.514. The summed E-state index contributed by atoms with van der Waals surface area (Å²) in [4.78, 5) is 37.9. The van der Waals surface area contributed by atoms with Gasteiger partial charge in [-0.25, -0.2) is 9.97 Å². The number of fused-ring (bicyclic) bond motifs is 1. The SMILES string of the molecule is O=C(c1cc(=O)c2ccccc2o1)N1CCN(c2cc(-c3ccccc3)ncn2)CC1. The van der Waals surface area contributed by atoms with Crippen LogP contribution >= 0.6 is 0 Å². The fraction of sp³-hybridized carbons (Fsp3) is 0.167. The van der Waals surface area contributed by atoms with Gasteiger partial charge in [0, 0.05) is 43.9 Å². The molecule has 0 unspecified atom stereocenters. The molecule has 0 saturated carbocycles. The highest BCUT2D eigenvalue weighted by molar-refractivity contribution is 5.93. The molecule has 1 fully saturated rings. The molecule has 31 heavy (non-hydrogen) atoms. The van der Waals surface area contributed by atoms with Gasteiger partial charge < -0.3 is 14.2 Å². The molecule has 1 aliphatic heterocycles. The minimum absolute atomic E-state index is 0.0746. The topological polar surface area (TPSA) is 79.5 Å². The Labute approximate surface area is 178 Å². The number of anilines is 1. The summed E-state index contributed by atoms with van der Waals surface area (Å²) in [5.41, 5.74) is 2.11. The maximum atomic E-state index is 12.9. The number of aromatic nitrogens is 2. The molecule has 2 aromatic carbocycles. The van der Waals surface area contributed by atoms with Crippen LogP contribution in [-0.2, 0) is 0 Å². The highest BCUT2D eigenvalue weighted by Crippen LogP contribution is 2.22. The smallest absolute Gasteiger partial charge is 0.289 e. The lowest BCUT2D eigenvalue weighted by Gasteiger charge is -2.35. The molecule has 0 radical (unpaired) electrons. The van der Waals surface area contributed by atoms with Crippen molar-refractivity contribution in [2.75, 3.05) is 31.1 Å². The van der Waals surface area contributed by atoms with E-state index < -0.39 is 0 Å². The van der Waals surface area contributed by atoms with Crippen molar-refractivity contribution < 1.29 is 9.21 Å². The number of para-hydroxylation sites is 1. The molecule has 0 atom stereocenters. The zero-order valence-electron chi connectivity index (χ0n) is 16.8. The predicted octanol–water partition coefficient (Wildman–Crippen LogP) is 3.21. The van der Waals surface area contributed by atoms with Gasteiger partial charge in [-0.05, 0) is 12.1 Å². The molecular weight excluding hydrogens is 392 g/mol. The van der Waals surface area contributed by atoms with Gasteiger partial charge in [0.15, 0.2) is 11.2 Å². The maximum absolute atomic E-state index is 12.9. The third-order valence-electron chi connectivity index (χ3n) is 5.46. The summed E-state index contributed by atoms with van der Waals surface area (Å²) in [7, 11) is 0. The molecule has 0 N–H and O–H groups in total. The summed E-state index contributed by atoms with van der Waals surface area (Å²) in [5, 5.41) is 0.474. The number of hydrogen-bond acceptors (Lipinski definition) is 6. The summed E-state index contributed by atoms with van der Waals surface area (Å²) in [6, 6.07) is 20.2. The van der Waals surface area contributed by atoms with Crippen LogP contribution in [0.15, 0.2) is 82.3 Å². The number of hydrogen-bond donors (Lipinski definition) is 0. The van der Waals surface area contributed by atoms with Gasteiger partial charge in [-0.3, -0.25) is 9.59 Å². The average molecular weight is 412 g/mol. The largest absolute Gasteiger partial charge is 0.451 e. The van der Waals surface area contributed by atoms with Crippen molar-refractivity contribution in [1.29, 1.82) is 0 Å². The number of benzene rings is 2. The number of carbonyl (C=O) groups is 1. The normalized spacial score (nSPS) is 14.1. The van der Waals surface area contributed by atoms with E-state index in [0.717, 1.165) is 17.1 Å². The van der Waals surface area contributed by atoms with E-state index in [1.54, 1.807) is 35.5 Å². The molecule has 7 nitrogen and oxygen atoms in total. The second kappa shape index (κ2) is 8.02. The minimum atomic E-state index is -0.268. The van der Waals surface area contributed by atoms with Crippen LogP contribution in [0.1, 0.15) is 10.6 Å². The minimum Gasteiger partial charge on any atom is -0.451 e. The molecule has 1 amide bonds. The Bertz CT molecular complexity index is 1290. The second-order valence-corrected chi connectivity index (χ2v) is 7.38. The Morgan fingerprint density at radius 2 is 1.61 bits per heavy atom. The maximum Gasteiger partial charge on any atom is 0.289 e. The molecule has 0 aliphatic carbocycles. The number of nitrogens with zero attached hydrogens (tertiary/aromatic N) is 4. The lowest BCUT2D eigenvalue weighted by atomic mass is 10.1. The zero-order valence-corrected chi connectivity index (χ0v) is 16.8. The lowest BCUT2D eigenvalue weighted by Crippen LogP contribution is -2.49. The molecule has 7 heteroatoms. The molecule has 5 rings (SSSR count). The number of piperazine rings is 1. The third-order valence-corrected chi connectivity index (χ3v) is 5.46. The van der Waals surface area contributed by atoms with Crippen molar-refractivity contribution in [2.24, 2.45) is 0 Å². The Morgan fingerprint density at radius 3 is 2.42 bits per heavy atom. The number of carbonyl (C=O) groups excluding carboxylic acids is 1. The highest BCUT2D eigenvalue weighted by atomic mass is 16.3. The van der Waals surface area contributed by atoms with Crippen LogP contribution < -0.4 is 10.3 Å². The molecule has 0 spiro atoms. The Hall–Kier alpha value is -4.00. The lowest BCUT2D eigenvalue weighted by molar-refractivity contribution is 0.0715. The van der Waals surface area contributed by atoms with Crippen LogP contribution in [0, 0.1) is 0 Å². The van der Waals surface area contributed by atoms with E-state index in [9.17, 15) is 9.59 Å². The average Bonchev–Trinajstić information content (AvgIpc) is 2.84. The van der Waals surface area contributed by atoms with Crippen molar-refractivity contribution in [3.8, 4) is 11.3 Å². The first-order valence-corrected chi connectivity index (χ1v) is 10.1. The van der Waals surface area contributed by atoms with Crippen LogP contribution in [0.2, 0.25) is 0 Å². The van der Waals surface area contributed by atoms with Crippen LogP contribution in [0.25, 0.3) is 22.2 Å². The van der Waals surface area contributed by atoms with Crippen molar-refractivity contribution in [3.63, 3.8) is 0 Å². The van der Waals surface area contributed by atoms with Gasteiger partial charge in [0.25, 0.3) is 5.91 Å². The van der Waals surface area contributed by atoms with Crippen molar-refractivity contribution in [2.45, 2.75) is 0 Å². The summed E-state index contributed by atoms with van der Waals surface area (Å²) in [5.74, 6) is 0.638. The fourth-order valence-electron chi connectivity index (χ4n) is 3.79. The van der Waals surface area contributed by atoms with E-state index in [1.807, 2.05) is 36.4 Å². The molecule has 1 aliphatic rings. The van der Waals surface area contributed by atoms with E-state index in [-0.39, 0.29) is 17.1 Å². The summed E-state index contributed by atoms with van der Waals surface area (Å²) in [6.45, 7) is 2.30. The van der Waals surface area contributed by atoms with Gasteiger partial charge in [0.05, 0.1) is 11.1 Å². The predicted molar refractivity (Wildman–Crippen MR) is 118 cm³/mol. The van der Waals surface area contributed by atoms with Crippen LogP contribution in [0.4, 0.5) is 5.82 Å². The van der Waals surface area contributed by atoms with Crippen LogP contribution in [0.5, 0.6) is 0 Å². The Kier molecular flexibility index (Phi) is 4.92. The third kappa shape index (κ3) is 3.77. The van der Waals surface area contributed by atoms with E-state index in [1.165, 1.54) is 6.07 Å².